The lowest BCUT2D eigenvalue weighted by atomic mass is 10.1. The van der Waals surface area contributed by atoms with Crippen molar-refractivity contribution in [1.82, 2.24) is 15.3 Å². The van der Waals surface area contributed by atoms with Crippen LogP contribution in [-0.4, -0.2) is 54.0 Å². The van der Waals surface area contributed by atoms with Crippen LogP contribution in [0, 0.1) is 5.92 Å². The van der Waals surface area contributed by atoms with Crippen LogP contribution in [0.2, 0.25) is 0 Å². The largest absolute Gasteiger partial charge is 0.371 e. The number of rotatable bonds is 6. The standard InChI is InChI=1S/C18H22N4O2S/c1-2-15(25-7-1)12-5-6-19-18(21-12)22-14-10-24-16-13(9-23-17(14)16)20-8-11-3-4-11/h1-2,5-7,11,13-14,16-17,20H,3-4,8-10H2,(H,19,21,22). The summed E-state index contributed by atoms with van der Waals surface area (Å²) in [6, 6.07) is 6.44. The molecule has 0 aromatic carbocycles. The van der Waals surface area contributed by atoms with Gasteiger partial charge in [0, 0.05) is 6.20 Å². The molecule has 4 atom stereocenters. The Bertz CT molecular complexity index is 722. The van der Waals surface area contributed by atoms with Crippen LogP contribution in [0.15, 0.2) is 29.8 Å². The Morgan fingerprint density at radius 3 is 2.76 bits per heavy atom. The molecular weight excluding hydrogens is 336 g/mol. The van der Waals surface area contributed by atoms with Crippen LogP contribution in [0.25, 0.3) is 10.6 Å². The maximum absolute atomic E-state index is 6.03. The summed E-state index contributed by atoms with van der Waals surface area (Å²) in [4.78, 5) is 10.2. The zero-order chi connectivity index (χ0) is 16.6. The number of thiophene rings is 1. The number of nitrogens with zero attached hydrogens (tertiary/aromatic N) is 2. The molecule has 4 heterocycles. The molecule has 3 fully saturated rings. The number of aromatic nitrogens is 2. The fourth-order valence-electron chi connectivity index (χ4n) is 3.59. The van der Waals surface area contributed by atoms with Gasteiger partial charge in [-0.1, -0.05) is 6.07 Å². The van der Waals surface area contributed by atoms with Crippen LogP contribution < -0.4 is 10.6 Å². The maximum atomic E-state index is 6.03. The highest BCUT2D eigenvalue weighted by Gasteiger charge is 2.48. The molecule has 2 N–H and O–H groups in total. The van der Waals surface area contributed by atoms with E-state index in [9.17, 15) is 0 Å². The molecule has 2 aliphatic heterocycles. The molecule has 3 aliphatic rings. The topological polar surface area (TPSA) is 68.3 Å². The summed E-state index contributed by atoms with van der Waals surface area (Å²) in [5.74, 6) is 1.50. The average Bonchev–Trinajstić information content (AvgIpc) is 3.03. The number of hydrogen-bond acceptors (Lipinski definition) is 7. The van der Waals surface area contributed by atoms with Gasteiger partial charge < -0.3 is 20.1 Å². The number of hydrogen-bond donors (Lipinski definition) is 2. The van der Waals surface area contributed by atoms with Crippen LogP contribution in [0.1, 0.15) is 12.8 Å². The van der Waals surface area contributed by atoms with E-state index in [1.807, 2.05) is 12.1 Å². The van der Waals surface area contributed by atoms with Crippen molar-refractivity contribution in [2.24, 2.45) is 5.92 Å². The van der Waals surface area contributed by atoms with Gasteiger partial charge in [-0.25, -0.2) is 9.97 Å². The highest BCUT2D eigenvalue weighted by Crippen LogP contribution is 2.31. The van der Waals surface area contributed by atoms with E-state index < -0.39 is 0 Å². The lowest BCUT2D eigenvalue weighted by Gasteiger charge is -2.18. The summed E-state index contributed by atoms with van der Waals surface area (Å²) in [7, 11) is 0. The summed E-state index contributed by atoms with van der Waals surface area (Å²) >= 11 is 1.68. The van der Waals surface area contributed by atoms with Crippen LogP contribution in [0.3, 0.4) is 0 Å². The molecule has 25 heavy (non-hydrogen) atoms. The Kier molecular flexibility index (Phi) is 4.17. The zero-order valence-corrected chi connectivity index (χ0v) is 14.7. The fraction of sp³-hybridized carbons (Fsp3) is 0.556. The highest BCUT2D eigenvalue weighted by molar-refractivity contribution is 7.13. The van der Waals surface area contributed by atoms with E-state index >= 15 is 0 Å². The Morgan fingerprint density at radius 2 is 1.96 bits per heavy atom. The van der Waals surface area contributed by atoms with Gasteiger partial charge in [0.1, 0.15) is 12.2 Å². The quantitative estimate of drug-likeness (QED) is 0.825. The number of ether oxygens (including phenoxy) is 2. The Balaban J connectivity index is 1.24. The van der Waals surface area contributed by atoms with Gasteiger partial charge in [-0.2, -0.15) is 0 Å². The van der Waals surface area contributed by atoms with E-state index in [1.54, 1.807) is 17.5 Å². The van der Waals surface area contributed by atoms with E-state index in [0.29, 0.717) is 18.6 Å². The van der Waals surface area contributed by atoms with E-state index in [1.165, 1.54) is 12.8 Å². The molecule has 1 saturated carbocycles. The number of fused-ring (bicyclic) bond motifs is 1. The molecule has 1 aliphatic carbocycles. The number of anilines is 1. The maximum Gasteiger partial charge on any atom is 0.223 e. The van der Waals surface area contributed by atoms with Crippen molar-refractivity contribution < 1.29 is 9.47 Å². The van der Waals surface area contributed by atoms with Gasteiger partial charge >= 0.3 is 0 Å². The summed E-state index contributed by atoms with van der Waals surface area (Å²) in [5, 5.41) is 9.09. The van der Waals surface area contributed by atoms with E-state index in [0.717, 1.165) is 29.6 Å². The van der Waals surface area contributed by atoms with E-state index in [4.69, 9.17) is 9.47 Å². The van der Waals surface area contributed by atoms with Crippen LogP contribution in [-0.2, 0) is 9.47 Å². The molecular formula is C18H22N4O2S. The van der Waals surface area contributed by atoms with Crippen molar-refractivity contribution in [3.63, 3.8) is 0 Å². The van der Waals surface area contributed by atoms with Gasteiger partial charge in [0.15, 0.2) is 0 Å². The Labute approximate surface area is 151 Å². The van der Waals surface area contributed by atoms with Crippen LogP contribution in [0.5, 0.6) is 0 Å². The summed E-state index contributed by atoms with van der Waals surface area (Å²) in [5.41, 5.74) is 0.944. The second-order valence-electron chi connectivity index (χ2n) is 7.05. The minimum absolute atomic E-state index is 0.0608. The fourth-order valence-corrected chi connectivity index (χ4v) is 4.29. The van der Waals surface area contributed by atoms with Crippen molar-refractivity contribution in [2.45, 2.75) is 37.1 Å². The molecule has 4 unspecified atom stereocenters. The van der Waals surface area contributed by atoms with Gasteiger partial charge in [-0.3, -0.25) is 0 Å². The molecule has 0 amide bonds. The van der Waals surface area contributed by atoms with Gasteiger partial charge in [0.25, 0.3) is 0 Å². The molecule has 2 aromatic heterocycles. The molecule has 0 radical (unpaired) electrons. The molecule has 2 aromatic rings. The normalized spacial score (nSPS) is 31.2. The van der Waals surface area contributed by atoms with Crippen LogP contribution >= 0.6 is 11.3 Å². The SMILES string of the molecule is c1csc(-c2ccnc(NC3COC4C(NCC5CC5)COC34)n2)c1. The van der Waals surface area contributed by atoms with Gasteiger partial charge in [-0.15, -0.1) is 11.3 Å². The first-order chi connectivity index (χ1) is 12.4. The monoisotopic (exact) mass is 358 g/mol. The smallest absolute Gasteiger partial charge is 0.223 e. The zero-order valence-electron chi connectivity index (χ0n) is 13.9. The second-order valence-corrected chi connectivity index (χ2v) is 8.00. The van der Waals surface area contributed by atoms with Crippen molar-refractivity contribution in [3.8, 4) is 10.6 Å². The molecule has 7 heteroatoms. The first kappa shape index (κ1) is 15.7. The van der Waals surface area contributed by atoms with Gasteiger partial charge in [0.05, 0.1) is 35.9 Å². The third-order valence-electron chi connectivity index (χ3n) is 5.16. The lowest BCUT2D eigenvalue weighted by molar-refractivity contribution is 0.0675. The van der Waals surface area contributed by atoms with Gasteiger partial charge in [-0.05, 0) is 42.8 Å². The molecule has 0 bridgehead atoms. The van der Waals surface area contributed by atoms with Crippen molar-refractivity contribution in [2.75, 3.05) is 25.1 Å². The summed E-state index contributed by atoms with van der Waals surface area (Å²) < 4.78 is 12.1. The predicted molar refractivity (Wildman–Crippen MR) is 96.8 cm³/mol. The van der Waals surface area contributed by atoms with E-state index in [-0.39, 0.29) is 18.2 Å². The Morgan fingerprint density at radius 1 is 1.12 bits per heavy atom. The summed E-state index contributed by atoms with van der Waals surface area (Å²) in [6.45, 7) is 2.44. The second kappa shape index (κ2) is 6.64. The third-order valence-corrected chi connectivity index (χ3v) is 6.06. The minimum atomic E-state index is 0.0608. The minimum Gasteiger partial charge on any atom is -0.371 e. The van der Waals surface area contributed by atoms with Gasteiger partial charge in [0.2, 0.25) is 5.95 Å². The van der Waals surface area contributed by atoms with Crippen molar-refractivity contribution in [3.05, 3.63) is 29.8 Å². The average molecular weight is 358 g/mol. The first-order valence-corrected chi connectivity index (χ1v) is 9.85. The molecule has 0 spiro atoms. The molecule has 5 rings (SSSR count). The highest BCUT2D eigenvalue weighted by atomic mass is 32.1. The van der Waals surface area contributed by atoms with Crippen molar-refractivity contribution >= 4 is 17.3 Å². The van der Waals surface area contributed by atoms with Crippen LogP contribution in [0.4, 0.5) is 5.95 Å². The number of nitrogens with one attached hydrogen (secondary N) is 2. The third kappa shape index (κ3) is 3.29. The predicted octanol–water partition coefficient (Wildman–Crippen LogP) is 2.15. The Hall–Kier alpha value is -1.54. The van der Waals surface area contributed by atoms with E-state index in [2.05, 4.69) is 32.0 Å². The lowest BCUT2D eigenvalue weighted by Crippen LogP contribution is -2.42. The molecule has 2 saturated heterocycles. The first-order valence-electron chi connectivity index (χ1n) is 8.97. The summed E-state index contributed by atoms with van der Waals surface area (Å²) in [6.07, 6.45) is 4.70. The molecule has 6 nitrogen and oxygen atoms in total. The molecule has 132 valence electrons. The van der Waals surface area contributed by atoms with Crippen molar-refractivity contribution in [1.29, 1.82) is 0 Å².